The minimum atomic E-state index is 0.0416. The van der Waals surface area contributed by atoms with Crippen LogP contribution in [0.15, 0.2) is 24.3 Å². The Kier molecular flexibility index (Phi) is 5.17. The molecule has 1 aromatic rings. The number of likely N-dealkylation sites (tertiary alicyclic amines) is 1. The summed E-state index contributed by atoms with van der Waals surface area (Å²) in [4.78, 5) is 17.1. The van der Waals surface area contributed by atoms with E-state index >= 15 is 0 Å². The van der Waals surface area contributed by atoms with Crippen molar-refractivity contribution in [1.29, 1.82) is 0 Å². The lowest BCUT2D eigenvalue weighted by Gasteiger charge is -2.26. The molecule has 1 aromatic carbocycles. The molecule has 2 amide bonds. The topological polar surface area (TPSA) is 35.6 Å². The fraction of sp³-hybridized carbons (Fsp3) is 0.611. The maximum atomic E-state index is 12.6. The van der Waals surface area contributed by atoms with Gasteiger partial charge in [0.1, 0.15) is 0 Å². The van der Waals surface area contributed by atoms with Gasteiger partial charge in [-0.1, -0.05) is 12.1 Å². The van der Waals surface area contributed by atoms with E-state index in [1.165, 1.54) is 18.4 Å². The Bertz CT molecular complexity index is 565. The lowest BCUT2D eigenvalue weighted by atomic mass is 10.1. The van der Waals surface area contributed by atoms with Crippen molar-refractivity contribution in [2.24, 2.45) is 0 Å². The fourth-order valence-electron chi connectivity index (χ4n) is 3.70. The second kappa shape index (κ2) is 7.14. The third-order valence-electron chi connectivity index (χ3n) is 5.40. The number of amides is 2. The molecule has 0 spiro atoms. The molecule has 0 aliphatic carbocycles. The normalized spacial score (nSPS) is 26.0. The first-order chi connectivity index (χ1) is 11.1. The third kappa shape index (κ3) is 3.66. The van der Waals surface area contributed by atoms with Crippen LogP contribution in [0.25, 0.3) is 0 Å². The fourth-order valence-corrected chi connectivity index (χ4v) is 4.12. The van der Waals surface area contributed by atoms with Crippen molar-refractivity contribution in [3.63, 3.8) is 0 Å². The number of hydrogen-bond donors (Lipinski definition) is 1. The number of nitrogens with one attached hydrogen (secondary N) is 1. The molecule has 23 heavy (non-hydrogen) atoms. The number of likely N-dealkylation sites (N-methyl/N-ethyl adjacent to an activating group) is 1. The molecule has 4 nitrogen and oxygen atoms in total. The van der Waals surface area contributed by atoms with E-state index in [1.807, 2.05) is 28.8 Å². The Morgan fingerprint density at radius 3 is 2.87 bits per heavy atom. The number of fused-ring (bicyclic) bond motifs is 2. The van der Waals surface area contributed by atoms with Crippen LogP contribution in [-0.4, -0.2) is 54.3 Å². The number of carbonyl (C=O) groups is 1. The molecular weight excluding hydrogens is 306 g/mol. The zero-order valence-corrected chi connectivity index (χ0v) is 15.1. The summed E-state index contributed by atoms with van der Waals surface area (Å²) in [5.74, 6) is 0. The zero-order chi connectivity index (χ0) is 16.4. The van der Waals surface area contributed by atoms with Gasteiger partial charge in [-0.3, -0.25) is 4.90 Å². The first kappa shape index (κ1) is 16.7. The predicted octanol–water partition coefficient (Wildman–Crippen LogP) is 3.81. The Hall–Kier alpha value is -1.20. The average Bonchev–Trinajstić information content (AvgIpc) is 2.79. The van der Waals surface area contributed by atoms with Crippen LogP contribution in [0.4, 0.5) is 10.5 Å². The van der Waals surface area contributed by atoms with Crippen LogP contribution in [0.5, 0.6) is 0 Å². The van der Waals surface area contributed by atoms with E-state index in [-0.39, 0.29) is 6.03 Å². The molecule has 2 aliphatic heterocycles. The van der Waals surface area contributed by atoms with E-state index in [2.05, 4.69) is 42.6 Å². The Morgan fingerprint density at radius 1 is 1.30 bits per heavy atom. The molecule has 0 saturated carbocycles. The van der Waals surface area contributed by atoms with Crippen LogP contribution in [0.3, 0.4) is 0 Å². The van der Waals surface area contributed by atoms with Crippen LogP contribution in [0, 0.1) is 0 Å². The quantitative estimate of drug-likeness (QED) is 0.913. The van der Waals surface area contributed by atoms with Crippen molar-refractivity contribution in [1.82, 2.24) is 9.80 Å². The molecule has 2 fully saturated rings. The maximum Gasteiger partial charge on any atom is 0.321 e. The molecule has 5 heteroatoms. The molecule has 1 N–H and O–H groups in total. The minimum absolute atomic E-state index is 0.0416. The van der Waals surface area contributed by atoms with Gasteiger partial charge < -0.3 is 10.2 Å². The number of rotatable bonds is 3. The molecule has 2 heterocycles. The summed E-state index contributed by atoms with van der Waals surface area (Å²) in [6.45, 7) is 3.89. The summed E-state index contributed by atoms with van der Waals surface area (Å²) in [6.07, 6.45) is 5.69. The maximum absolute atomic E-state index is 12.6. The largest absolute Gasteiger partial charge is 0.323 e. The number of carbonyl (C=O) groups excluding carboxylic acids is 1. The summed E-state index contributed by atoms with van der Waals surface area (Å²) in [6, 6.07) is 9.44. The monoisotopic (exact) mass is 333 g/mol. The van der Waals surface area contributed by atoms with Gasteiger partial charge in [0.2, 0.25) is 0 Å². The van der Waals surface area contributed by atoms with Crippen LogP contribution >= 0.6 is 11.8 Å². The van der Waals surface area contributed by atoms with Gasteiger partial charge in [-0.05, 0) is 57.2 Å². The van der Waals surface area contributed by atoms with E-state index in [9.17, 15) is 4.79 Å². The molecule has 0 unspecified atom stereocenters. The number of anilines is 1. The highest BCUT2D eigenvalue weighted by Gasteiger charge is 2.35. The van der Waals surface area contributed by atoms with Gasteiger partial charge in [-0.25, -0.2) is 4.79 Å². The summed E-state index contributed by atoms with van der Waals surface area (Å²) < 4.78 is 0. The number of hydrogen-bond acceptors (Lipinski definition) is 3. The predicted molar refractivity (Wildman–Crippen MR) is 98.2 cm³/mol. The molecule has 0 radical (unpaired) electrons. The molecule has 0 aromatic heterocycles. The molecule has 2 aliphatic rings. The van der Waals surface area contributed by atoms with Gasteiger partial charge in [0.15, 0.2) is 0 Å². The molecule has 126 valence electrons. The van der Waals surface area contributed by atoms with Crippen LogP contribution in [0.2, 0.25) is 0 Å². The standard InChI is InChI=1S/C18H27N3OS/c1-13(23-3)14-5-4-6-15(11-14)19-18(22)21-10-9-16-7-8-17(12-21)20(16)2/h4-6,11,13,16-17H,7-10,12H2,1-3H3,(H,19,22)/t13-,16-,17+/m1/s1. The number of urea groups is 1. The van der Waals surface area contributed by atoms with Crippen molar-refractivity contribution in [3.05, 3.63) is 29.8 Å². The van der Waals surface area contributed by atoms with E-state index in [1.54, 1.807) is 0 Å². The lowest BCUT2D eigenvalue weighted by molar-refractivity contribution is 0.200. The third-order valence-corrected chi connectivity index (χ3v) is 6.38. The number of thioether (sulfide) groups is 1. The average molecular weight is 334 g/mol. The minimum Gasteiger partial charge on any atom is -0.323 e. The highest BCUT2D eigenvalue weighted by molar-refractivity contribution is 7.98. The molecule has 2 bridgehead atoms. The van der Waals surface area contributed by atoms with E-state index < -0.39 is 0 Å². The number of benzene rings is 1. The highest BCUT2D eigenvalue weighted by Crippen LogP contribution is 2.29. The Morgan fingerprint density at radius 2 is 2.09 bits per heavy atom. The first-order valence-electron chi connectivity index (χ1n) is 8.49. The molecule has 3 rings (SSSR count). The van der Waals surface area contributed by atoms with Gasteiger partial charge in [0.05, 0.1) is 0 Å². The Balaban J connectivity index is 1.65. The van der Waals surface area contributed by atoms with Crippen molar-refractivity contribution in [3.8, 4) is 0 Å². The summed E-state index contributed by atoms with van der Waals surface area (Å²) >= 11 is 1.82. The van der Waals surface area contributed by atoms with Crippen molar-refractivity contribution in [2.45, 2.75) is 43.5 Å². The van der Waals surface area contributed by atoms with E-state index in [0.29, 0.717) is 17.3 Å². The lowest BCUT2D eigenvalue weighted by Crippen LogP contribution is -2.41. The van der Waals surface area contributed by atoms with Gasteiger partial charge in [0, 0.05) is 36.1 Å². The second-order valence-corrected chi connectivity index (χ2v) is 7.90. The highest BCUT2D eigenvalue weighted by atomic mass is 32.2. The molecule has 3 atom stereocenters. The number of nitrogens with zero attached hydrogens (tertiary/aromatic N) is 2. The molecular formula is C18H27N3OS. The van der Waals surface area contributed by atoms with Gasteiger partial charge in [-0.2, -0.15) is 11.8 Å². The van der Waals surface area contributed by atoms with Crippen LogP contribution in [-0.2, 0) is 0 Å². The van der Waals surface area contributed by atoms with Crippen LogP contribution < -0.4 is 5.32 Å². The van der Waals surface area contributed by atoms with Crippen LogP contribution in [0.1, 0.15) is 37.0 Å². The summed E-state index contributed by atoms with van der Waals surface area (Å²) in [7, 11) is 2.21. The van der Waals surface area contributed by atoms with Gasteiger partial charge in [-0.15, -0.1) is 0 Å². The second-order valence-electron chi connectivity index (χ2n) is 6.72. The summed E-state index contributed by atoms with van der Waals surface area (Å²) in [5, 5.41) is 3.53. The van der Waals surface area contributed by atoms with Crippen molar-refractivity contribution >= 4 is 23.5 Å². The SMILES string of the molecule is CS[C@H](C)c1cccc(NC(=O)N2CC[C@H]3CC[C@@H](C2)N3C)c1. The van der Waals surface area contributed by atoms with Gasteiger partial charge in [0.25, 0.3) is 0 Å². The van der Waals surface area contributed by atoms with Gasteiger partial charge >= 0.3 is 6.03 Å². The Labute approximate surface area is 143 Å². The first-order valence-corrected chi connectivity index (χ1v) is 9.78. The van der Waals surface area contributed by atoms with Crippen molar-refractivity contribution in [2.75, 3.05) is 31.7 Å². The smallest absolute Gasteiger partial charge is 0.321 e. The van der Waals surface area contributed by atoms with E-state index in [0.717, 1.165) is 25.2 Å². The van der Waals surface area contributed by atoms with Crippen molar-refractivity contribution < 1.29 is 4.79 Å². The van der Waals surface area contributed by atoms with E-state index in [4.69, 9.17) is 0 Å². The molecule has 2 saturated heterocycles. The summed E-state index contributed by atoms with van der Waals surface area (Å²) in [5.41, 5.74) is 2.15. The zero-order valence-electron chi connectivity index (χ0n) is 14.3.